The second-order valence-corrected chi connectivity index (χ2v) is 36.3. The summed E-state index contributed by atoms with van der Waals surface area (Å²) in [5.74, 6) is 3.01. The number of hydrogen-bond donors (Lipinski definition) is 6. The number of nitrogens with one attached hydrogen (secondary N) is 2. The zero-order valence-electron chi connectivity index (χ0n) is 63.0. The minimum Gasteiger partial charge on any atom is -0.507 e. The Balaban J connectivity index is 1.16. The molecule has 0 aliphatic carbocycles. The smallest absolute Gasteiger partial charge is 0.164 e. The van der Waals surface area contributed by atoms with E-state index in [9.17, 15) is 20.4 Å². The molecule has 0 unspecified atom stereocenters. The van der Waals surface area contributed by atoms with Gasteiger partial charge in [-0.2, -0.15) is 0 Å². The quantitative estimate of drug-likeness (QED) is 0.0989. The standard InChI is InChI=1S/C88H98N8O4/c1-81(2,3)61-37-49(38-62(69(61)97)82(4,5)6)45-25-29-53-57(33-45)77-89-73(53)94-78-59-35-47(51-41-65(85(13,14)15)71(99)66(42-51)86(16,17)18)27-31-55(59)75(91-78)96-80-60-36-48(52-43-67(87(19,20)21)72(100)68(44-52)88(22,23)24)28-32-56(60)76(92-80)95-79-58-34-46(26-30-54(58)74(90-79)93-77)50-39-63(83(7,8)9)70(98)64(40-50)84(10,11)12/h25-44,97-100H,1-24H3,(H2,89,90,91,92,93,94,95,96). The van der Waals surface area contributed by atoms with Crippen LogP contribution in [-0.2, 0) is 43.3 Å². The highest BCUT2D eigenvalue weighted by molar-refractivity contribution is 6.08. The van der Waals surface area contributed by atoms with Gasteiger partial charge in [0.1, 0.15) is 45.6 Å². The Bertz CT molecular complexity index is 4950. The van der Waals surface area contributed by atoms with E-state index >= 15 is 0 Å². The number of benzene rings is 8. The molecule has 2 aliphatic rings. The first-order valence-corrected chi connectivity index (χ1v) is 35.1. The second kappa shape index (κ2) is 22.9. The van der Waals surface area contributed by atoms with Gasteiger partial charge in [-0.15, -0.1) is 0 Å². The van der Waals surface area contributed by atoms with Crippen molar-refractivity contribution < 1.29 is 20.4 Å². The number of phenols is 4. The molecule has 13 rings (SSSR count). The number of nitrogens with zero attached hydrogens (tertiary/aromatic N) is 6. The molecule has 0 amide bonds. The Morgan fingerprint density at radius 3 is 0.640 bits per heavy atom. The highest BCUT2D eigenvalue weighted by Crippen LogP contribution is 2.50. The summed E-state index contributed by atoms with van der Waals surface area (Å²) in [6, 6.07) is 42.4. The van der Waals surface area contributed by atoms with E-state index in [1.165, 1.54) is 0 Å². The van der Waals surface area contributed by atoms with Crippen LogP contribution in [0.2, 0.25) is 0 Å². The van der Waals surface area contributed by atoms with Gasteiger partial charge >= 0.3 is 0 Å². The van der Waals surface area contributed by atoms with Gasteiger partial charge in [0.25, 0.3) is 0 Å². The fourth-order valence-corrected chi connectivity index (χ4v) is 14.3. The van der Waals surface area contributed by atoms with Crippen molar-refractivity contribution in [3.63, 3.8) is 0 Å². The summed E-state index contributed by atoms with van der Waals surface area (Å²) in [5.41, 5.74) is 16.7. The van der Waals surface area contributed by atoms with E-state index in [-0.39, 0.29) is 43.3 Å². The molecule has 2 aliphatic heterocycles. The van der Waals surface area contributed by atoms with Crippen molar-refractivity contribution >= 4 is 44.1 Å². The summed E-state index contributed by atoms with van der Waals surface area (Å²) in [6.45, 7) is 51.2. The van der Waals surface area contributed by atoms with Gasteiger partial charge in [0.15, 0.2) is 23.3 Å². The first-order chi connectivity index (χ1) is 46.2. The maximum Gasteiger partial charge on any atom is 0.164 e. The number of rotatable bonds is 4. The molecular formula is C88H98N8O4. The second-order valence-electron chi connectivity index (χ2n) is 36.3. The van der Waals surface area contributed by atoms with E-state index in [2.05, 4.69) is 297 Å². The number of aromatic hydroxyl groups is 4. The van der Waals surface area contributed by atoms with Gasteiger partial charge in [0.2, 0.25) is 0 Å². The van der Waals surface area contributed by atoms with Gasteiger partial charge in [0, 0.05) is 88.3 Å². The van der Waals surface area contributed by atoms with Crippen molar-refractivity contribution in [1.82, 2.24) is 39.9 Å². The Hall–Kier alpha value is -9.68. The Labute approximate surface area is 589 Å². The Kier molecular flexibility index (Phi) is 15.8. The highest BCUT2D eigenvalue weighted by atomic mass is 16.3. The first kappa shape index (κ1) is 68.8. The molecule has 0 saturated heterocycles. The van der Waals surface area contributed by atoms with Crippen LogP contribution in [0.3, 0.4) is 0 Å². The average molecular weight is 1330 g/mol. The normalized spacial score (nSPS) is 13.4. The lowest BCUT2D eigenvalue weighted by Gasteiger charge is -2.28. The van der Waals surface area contributed by atoms with E-state index in [4.69, 9.17) is 29.9 Å². The third kappa shape index (κ3) is 12.3. The molecular weight excluding hydrogens is 1230 g/mol. The number of fused-ring (bicyclic) bond motifs is 20. The van der Waals surface area contributed by atoms with Crippen LogP contribution in [0.25, 0.3) is 134 Å². The molecule has 12 heteroatoms. The van der Waals surface area contributed by atoms with Gasteiger partial charge in [0.05, 0.1) is 0 Å². The van der Waals surface area contributed by atoms with Crippen molar-refractivity contribution in [2.75, 3.05) is 0 Å². The van der Waals surface area contributed by atoms with Crippen molar-refractivity contribution in [3.8, 4) is 113 Å². The van der Waals surface area contributed by atoms with Gasteiger partial charge in [-0.25, -0.2) is 29.9 Å². The predicted octanol–water partition coefficient (Wildman–Crippen LogP) is 22.7. The predicted molar refractivity (Wildman–Crippen MR) is 414 cm³/mol. The molecule has 5 heterocycles. The SMILES string of the molecule is CC(C)(C)c1cc(-c2ccc3c(c2)-c2nc-3nc3[nH]c(nc4nc(nc5[nH]c(n2)c2ccc(-c6cc(C(C)(C)C)c(O)c(C(C)(C)C)c6)cc52)-c2ccc(-c5cc(C(C)(C)C)c(O)c(C(C)(C)C)c5)cc2-4)c2ccc(-c4cc(C(C)(C)C)c(O)c(C(C)(C)C)c4)cc32)cc(C(C)(C)C)c1O. The fraction of sp³-hybridized carbons (Fsp3) is 0.364. The molecule has 11 aromatic rings. The van der Waals surface area contributed by atoms with E-state index in [0.29, 0.717) is 68.9 Å². The van der Waals surface area contributed by atoms with E-state index in [1.807, 2.05) is 0 Å². The number of aromatic nitrogens is 8. The zero-order chi connectivity index (χ0) is 72.6. The van der Waals surface area contributed by atoms with Crippen LogP contribution < -0.4 is 0 Å². The van der Waals surface area contributed by atoms with Crippen LogP contribution >= 0.6 is 0 Å². The van der Waals surface area contributed by atoms with E-state index < -0.39 is 0 Å². The summed E-state index contributed by atoms with van der Waals surface area (Å²) in [7, 11) is 0. The molecule has 6 N–H and O–H groups in total. The molecule has 0 atom stereocenters. The lowest BCUT2D eigenvalue weighted by molar-refractivity contribution is 0.422. The maximum atomic E-state index is 12.0. The summed E-state index contributed by atoms with van der Waals surface area (Å²) >= 11 is 0. The minimum absolute atomic E-state index is 0.310. The molecule has 8 aromatic carbocycles. The van der Waals surface area contributed by atoms with Gasteiger partial charge in [-0.1, -0.05) is 190 Å². The lowest BCUT2D eigenvalue weighted by atomic mass is 9.77. The molecule has 0 spiro atoms. The maximum absolute atomic E-state index is 12.0. The Morgan fingerprint density at radius 2 is 0.410 bits per heavy atom. The van der Waals surface area contributed by atoms with Gasteiger partial charge < -0.3 is 30.4 Å². The van der Waals surface area contributed by atoms with Crippen LogP contribution in [0.4, 0.5) is 0 Å². The largest absolute Gasteiger partial charge is 0.507 e. The lowest BCUT2D eigenvalue weighted by Crippen LogP contribution is -2.17. The van der Waals surface area contributed by atoms with Crippen molar-refractivity contribution in [2.45, 2.75) is 209 Å². The zero-order valence-corrected chi connectivity index (χ0v) is 63.0. The summed E-state index contributed by atoms with van der Waals surface area (Å²) in [4.78, 5) is 40.7. The summed E-state index contributed by atoms with van der Waals surface area (Å²) in [6.07, 6.45) is 0. The molecule has 100 heavy (non-hydrogen) atoms. The van der Waals surface area contributed by atoms with Crippen molar-refractivity contribution in [2.24, 2.45) is 0 Å². The van der Waals surface area contributed by atoms with Crippen LogP contribution in [0.1, 0.15) is 211 Å². The number of aromatic amines is 2. The monoisotopic (exact) mass is 1330 g/mol. The fourth-order valence-electron chi connectivity index (χ4n) is 14.3. The van der Waals surface area contributed by atoms with Crippen LogP contribution in [0.15, 0.2) is 121 Å². The molecule has 0 radical (unpaired) electrons. The van der Waals surface area contributed by atoms with E-state index in [1.54, 1.807) is 0 Å². The Morgan fingerprint density at radius 1 is 0.210 bits per heavy atom. The van der Waals surface area contributed by atoms with E-state index in [0.717, 1.165) is 133 Å². The van der Waals surface area contributed by atoms with Gasteiger partial charge in [-0.3, -0.25) is 0 Å². The van der Waals surface area contributed by atoms with Gasteiger partial charge in [-0.05, 0) is 185 Å². The summed E-state index contributed by atoms with van der Waals surface area (Å²) < 4.78 is 0. The number of H-pyrrole nitrogens is 2. The van der Waals surface area contributed by atoms with Crippen molar-refractivity contribution in [3.05, 3.63) is 166 Å². The van der Waals surface area contributed by atoms with Crippen molar-refractivity contribution in [1.29, 1.82) is 0 Å². The number of phenolic OH excluding ortho intramolecular Hbond substituents is 4. The van der Waals surface area contributed by atoms with Crippen LogP contribution in [0, 0.1) is 0 Å². The molecule has 3 aromatic heterocycles. The minimum atomic E-state index is -0.366. The first-order valence-electron chi connectivity index (χ1n) is 35.1. The van der Waals surface area contributed by atoms with Crippen LogP contribution in [-0.4, -0.2) is 60.3 Å². The summed E-state index contributed by atoms with van der Waals surface area (Å²) in [5, 5.41) is 51.0. The number of hydrogen-bond acceptors (Lipinski definition) is 10. The molecule has 514 valence electrons. The molecule has 0 saturated carbocycles. The molecule has 12 nitrogen and oxygen atoms in total. The third-order valence-electron chi connectivity index (χ3n) is 20.1. The highest BCUT2D eigenvalue weighted by Gasteiger charge is 2.34. The third-order valence-corrected chi connectivity index (χ3v) is 20.1. The van der Waals surface area contributed by atoms with Crippen LogP contribution in [0.5, 0.6) is 23.0 Å². The average Bonchev–Trinajstić information content (AvgIpc) is 1.42. The molecule has 8 bridgehead atoms. The molecule has 0 fully saturated rings. The topological polar surface area (TPSA) is 190 Å².